The third kappa shape index (κ3) is 9.50. The van der Waals surface area contributed by atoms with Crippen LogP contribution in [0.25, 0.3) is 0 Å². The minimum Gasteiger partial charge on any atom is -0.386 e. The van der Waals surface area contributed by atoms with Crippen LogP contribution in [0.4, 0.5) is 0 Å². The Hall–Kier alpha value is -3.49. The van der Waals surface area contributed by atoms with Crippen LogP contribution >= 0.6 is 0 Å². The number of carbonyl (C=O) groups is 3. The molecule has 0 aromatic heterocycles. The fourth-order valence-corrected chi connectivity index (χ4v) is 6.17. The van der Waals surface area contributed by atoms with Crippen LogP contribution in [0.2, 0.25) is 0 Å². The number of nitrogens with zero attached hydrogens (tertiary/aromatic N) is 2. The molecule has 1 saturated heterocycles. The number of hydrogen-bond donors (Lipinski definition) is 3. The first kappa shape index (κ1) is 36.0. The summed E-state index contributed by atoms with van der Waals surface area (Å²) in [5.74, 6) is -0.729. The normalized spacial score (nSPS) is 18.8. The van der Waals surface area contributed by atoms with Crippen molar-refractivity contribution in [1.82, 2.24) is 20.4 Å². The molecule has 1 aliphatic rings. The summed E-state index contributed by atoms with van der Waals surface area (Å²) in [6, 6.07) is 16.9. The maximum atomic E-state index is 14.0. The lowest BCUT2D eigenvalue weighted by atomic mass is 9.94. The molecule has 45 heavy (non-hydrogen) atoms. The van der Waals surface area contributed by atoms with E-state index in [0.717, 1.165) is 31.4 Å². The Morgan fingerprint density at radius 1 is 0.867 bits per heavy atom. The third-order valence-electron chi connectivity index (χ3n) is 8.90. The highest BCUT2D eigenvalue weighted by molar-refractivity contribution is 5.94. The summed E-state index contributed by atoms with van der Waals surface area (Å²) in [5, 5.41) is 17.4. The Kier molecular flexibility index (Phi) is 13.4. The van der Waals surface area contributed by atoms with Gasteiger partial charge < -0.3 is 20.6 Å². The van der Waals surface area contributed by atoms with Crippen molar-refractivity contribution in [3.05, 3.63) is 83.4 Å². The smallest absolute Gasteiger partial charge is 0.247 e. The second-order valence-electron chi connectivity index (χ2n) is 13.3. The highest BCUT2D eigenvalue weighted by Gasteiger charge is 2.36. The molecule has 8 nitrogen and oxygen atoms in total. The van der Waals surface area contributed by atoms with Gasteiger partial charge in [-0.2, -0.15) is 0 Å². The lowest BCUT2D eigenvalue weighted by Gasteiger charge is -2.39. The summed E-state index contributed by atoms with van der Waals surface area (Å²) >= 11 is 0. The molecule has 5 atom stereocenters. The molecule has 2 aromatic rings. The van der Waals surface area contributed by atoms with Crippen molar-refractivity contribution in [2.24, 2.45) is 11.8 Å². The molecule has 0 bridgehead atoms. The lowest BCUT2D eigenvalue weighted by molar-refractivity contribution is -0.140. The number of nitrogens with one attached hydrogen (secondary N) is 2. The van der Waals surface area contributed by atoms with Gasteiger partial charge in [-0.05, 0) is 63.1 Å². The zero-order chi connectivity index (χ0) is 33.3. The Morgan fingerprint density at radius 2 is 1.44 bits per heavy atom. The van der Waals surface area contributed by atoms with Gasteiger partial charge in [0.1, 0.15) is 12.1 Å². The zero-order valence-electron chi connectivity index (χ0n) is 28.4. The number of benzene rings is 2. The first-order valence-electron chi connectivity index (χ1n) is 16.4. The van der Waals surface area contributed by atoms with Gasteiger partial charge in [0.2, 0.25) is 17.7 Å². The standard InChI is InChI=1S/C37H54N4O4/c1-24(2)31(40(8)37(45)32(25(3)4)38-36(44)30-21-15-16-22-41(30)26(5)6)23-27(7)35(43)39-33(28-17-11-9-12-18-28)34(42)29-19-13-10-14-20-29/h9-14,17-20,23-26,30-34,42H,15-16,21-22H2,1-8H3,(H,38,44)(H,39,43)/b27-23+/t30?,31-,32?,33+,34-/m1/s1. The lowest BCUT2D eigenvalue weighted by Crippen LogP contribution is -2.58. The number of rotatable bonds is 13. The predicted octanol–water partition coefficient (Wildman–Crippen LogP) is 5.41. The number of aliphatic hydroxyl groups is 1. The third-order valence-corrected chi connectivity index (χ3v) is 8.90. The molecule has 3 amide bonds. The molecule has 0 saturated carbocycles. The van der Waals surface area contributed by atoms with Gasteiger partial charge in [-0.15, -0.1) is 0 Å². The molecule has 1 fully saturated rings. The molecule has 3 rings (SSSR count). The van der Waals surface area contributed by atoms with Crippen LogP contribution in [-0.4, -0.2) is 70.4 Å². The summed E-state index contributed by atoms with van der Waals surface area (Å²) in [4.78, 5) is 44.9. The van der Waals surface area contributed by atoms with Crippen LogP contribution in [0.3, 0.4) is 0 Å². The van der Waals surface area contributed by atoms with Gasteiger partial charge in [0.15, 0.2) is 0 Å². The minimum atomic E-state index is -0.957. The summed E-state index contributed by atoms with van der Waals surface area (Å²) in [6.45, 7) is 14.7. The fraction of sp³-hybridized carbons (Fsp3) is 0.541. The van der Waals surface area contributed by atoms with Crippen LogP contribution in [0, 0.1) is 11.8 Å². The summed E-state index contributed by atoms with van der Waals surface area (Å²) in [5.41, 5.74) is 1.92. The molecule has 3 N–H and O–H groups in total. The molecule has 0 aliphatic carbocycles. The van der Waals surface area contributed by atoms with Gasteiger partial charge in [-0.25, -0.2) is 0 Å². The molecule has 2 aromatic carbocycles. The van der Waals surface area contributed by atoms with Crippen molar-refractivity contribution in [2.45, 2.75) is 104 Å². The highest BCUT2D eigenvalue weighted by Crippen LogP contribution is 2.29. The number of likely N-dealkylation sites (N-methyl/N-ethyl adjacent to an activating group) is 1. The van der Waals surface area contributed by atoms with E-state index in [2.05, 4.69) is 29.4 Å². The summed E-state index contributed by atoms with van der Waals surface area (Å²) < 4.78 is 0. The first-order chi connectivity index (χ1) is 21.3. The summed E-state index contributed by atoms with van der Waals surface area (Å²) in [6.07, 6.45) is 3.71. The predicted molar refractivity (Wildman–Crippen MR) is 180 cm³/mol. The number of piperidine rings is 1. The second-order valence-corrected chi connectivity index (χ2v) is 13.3. The molecule has 246 valence electrons. The molecule has 0 spiro atoms. The van der Waals surface area contributed by atoms with Crippen molar-refractivity contribution in [3.8, 4) is 0 Å². The zero-order valence-corrected chi connectivity index (χ0v) is 28.4. The Balaban J connectivity index is 1.80. The van der Waals surface area contributed by atoms with E-state index < -0.39 is 24.2 Å². The Labute approximate surface area is 270 Å². The maximum Gasteiger partial charge on any atom is 0.247 e. The van der Waals surface area contributed by atoms with E-state index in [1.807, 2.05) is 94.4 Å². The van der Waals surface area contributed by atoms with Gasteiger partial charge in [0.25, 0.3) is 0 Å². The molecule has 0 radical (unpaired) electrons. The number of carbonyl (C=O) groups excluding carboxylic acids is 3. The van der Waals surface area contributed by atoms with E-state index in [0.29, 0.717) is 11.1 Å². The average molecular weight is 619 g/mol. The van der Waals surface area contributed by atoms with Crippen molar-refractivity contribution >= 4 is 17.7 Å². The molecule has 1 heterocycles. The van der Waals surface area contributed by atoms with Crippen LogP contribution in [0.15, 0.2) is 72.3 Å². The van der Waals surface area contributed by atoms with E-state index in [1.165, 1.54) is 0 Å². The van der Waals surface area contributed by atoms with Crippen LogP contribution in [0.1, 0.15) is 91.0 Å². The number of amides is 3. The Morgan fingerprint density at radius 3 is 1.98 bits per heavy atom. The monoisotopic (exact) mass is 618 g/mol. The minimum absolute atomic E-state index is 0.000167. The maximum absolute atomic E-state index is 14.0. The van der Waals surface area contributed by atoms with Crippen LogP contribution in [-0.2, 0) is 14.4 Å². The van der Waals surface area contributed by atoms with Crippen molar-refractivity contribution in [3.63, 3.8) is 0 Å². The SMILES string of the molecule is C/C(=C\[C@H](C(C)C)N(C)C(=O)C(NC(=O)C1CCCCN1C(C)C)C(C)C)C(=O)N[C@@H](c1ccccc1)[C@H](O)c1ccccc1. The average Bonchev–Trinajstić information content (AvgIpc) is 3.04. The van der Waals surface area contributed by atoms with Crippen LogP contribution in [0.5, 0.6) is 0 Å². The van der Waals surface area contributed by atoms with Crippen LogP contribution < -0.4 is 10.6 Å². The second kappa shape index (κ2) is 16.7. The van der Waals surface area contributed by atoms with E-state index in [4.69, 9.17) is 0 Å². The molecule has 1 aliphatic heterocycles. The van der Waals surface area contributed by atoms with E-state index in [1.54, 1.807) is 18.9 Å². The topological polar surface area (TPSA) is 102 Å². The van der Waals surface area contributed by atoms with E-state index in [9.17, 15) is 19.5 Å². The van der Waals surface area contributed by atoms with Gasteiger partial charge >= 0.3 is 0 Å². The molecule has 8 heteroatoms. The van der Waals surface area contributed by atoms with Crippen molar-refractivity contribution in [2.75, 3.05) is 13.6 Å². The van der Waals surface area contributed by atoms with E-state index >= 15 is 0 Å². The molecular formula is C37H54N4O4. The van der Waals surface area contributed by atoms with Gasteiger partial charge in [0, 0.05) is 18.7 Å². The number of hydrogen-bond acceptors (Lipinski definition) is 5. The highest BCUT2D eigenvalue weighted by atomic mass is 16.3. The fourth-order valence-electron chi connectivity index (χ4n) is 6.17. The number of likely N-dealkylation sites (tertiary alicyclic amines) is 1. The number of aliphatic hydroxyl groups excluding tert-OH is 1. The Bertz CT molecular complexity index is 1280. The van der Waals surface area contributed by atoms with E-state index in [-0.39, 0.29) is 41.6 Å². The quantitative estimate of drug-likeness (QED) is 0.261. The largest absolute Gasteiger partial charge is 0.386 e. The summed E-state index contributed by atoms with van der Waals surface area (Å²) in [7, 11) is 1.74. The van der Waals surface area contributed by atoms with Crippen molar-refractivity contribution in [1.29, 1.82) is 0 Å². The van der Waals surface area contributed by atoms with Gasteiger partial charge in [0.05, 0.1) is 18.1 Å². The molecule has 2 unspecified atom stereocenters. The first-order valence-corrected chi connectivity index (χ1v) is 16.4. The van der Waals surface area contributed by atoms with Crippen molar-refractivity contribution < 1.29 is 19.5 Å². The van der Waals surface area contributed by atoms with Gasteiger partial charge in [-0.1, -0.05) is 101 Å². The van der Waals surface area contributed by atoms with Gasteiger partial charge in [-0.3, -0.25) is 19.3 Å². The molecular weight excluding hydrogens is 564 g/mol.